The van der Waals surface area contributed by atoms with Crippen LogP contribution in [0.4, 0.5) is 0 Å². The summed E-state index contributed by atoms with van der Waals surface area (Å²) in [5, 5.41) is 0. The molecule has 0 spiro atoms. The van der Waals surface area contributed by atoms with E-state index in [0.717, 1.165) is 116 Å². The SMILES string of the molecule is CC/C=C\C/C=C\C/C=C\C/C=C\C/C=C\C/C=C\C/C=C\C/C=C\CCCCCCCCCCC(=O)OC(COC(=O)CCC/C=C\C/C=C\C/C=C\C/C=C\C/C=C\CC)COP(=O)(O)OCCN. The lowest BCUT2D eigenvalue weighted by Crippen LogP contribution is -2.29. The first-order chi connectivity index (χ1) is 34.8. The van der Waals surface area contributed by atoms with Crippen molar-refractivity contribution in [2.45, 2.75) is 187 Å². The smallest absolute Gasteiger partial charge is 0.462 e. The molecular weight excluding hydrogens is 906 g/mol. The number of unbranched alkanes of at least 4 members (excludes halogenated alkanes) is 9. The predicted octanol–water partition coefficient (Wildman–Crippen LogP) is 16.9. The van der Waals surface area contributed by atoms with Gasteiger partial charge < -0.3 is 20.1 Å². The van der Waals surface area contributed by atoms with Crippen LogP contribution in [0.3, 0.4) is 0 Å². The molecule has 10 heteroatoms. The standard InChI is InChI=1S/C61H96NO8P/c1-3-5-7-9-11-13-15-17-19-21-22-23-24-25-26-27-28-29-30-31-32-33-34-35-36-38-40-42-44-46-48-50-52-54-61(64)70-59(58-69-71(65,66)68-56-55-62)57-67-60(63)53-51-49-47-45-43-41-39-37-20-18-16-14-12-10-8-6-4-2/h5-8,11-14,17-20,22-23,25-26,28-29,31-32,34-35,39,41,45,47,59H,3-4,9-10,15-16,21,24,27,30,33,36-38,40,42-44,46,48-58,62H2,1-2H3,(H,65,66)/b7-5-,8-6-,13-11-,14-12-,19-17-,20-18-,23-22-,26-25-,29-28-,32-31-,35-34-,41-39-,47-45-. The summed E-state index contributed by atoms with van der Waals surface area (Å²) in [6, 6.07) is 0. The Morgan fingerprint density at radius 1 is 0.423 bits per heavy atom. The van der Waals surface area contributed by atoms with Crippen LogP contribution in [0.1, 0.15) is 181 Å². The number of phosphoric ester groups is 1. The maximum atomic E-state index is 12.7. The van der Waals surface area contributed by atoms with Crippen molar-refractivity contribution in [1.29, 1.82) is 0 Å². The third kappa shape index (κ3) is 54.8. The maximum Gasteiger partial charge on any atom is 0.472 e. The molecule has 71 heavy (non-hydrogen) atoms. The zero-order valence-electron chi connectivity index (χ0n) is 44.1. The van der Waals surface area contributed by atoms with E-state index < -0.39 is 32.5 Å². The zero-order valence-corrected chi connectivity index (χ0v) is 45.0. The first kappa shape index (κ1) is 66.6. The lowest BCUT2D eigenvalue weighted by Gasteiger charge is -2.19. The van der Waals surface area contributed by atoms with Crippen molar-refractivity contribution >= 4 is 19.8 Å². The summed E-state index contributed by atoms with van der Waals surface area (Å²) in [4.78, 5) is 35.1. The van der Waals surface area contributed by atoms with E-state index in [1.165, 1.54) is 25.7 Å². The van der Waals surface area contributed by atoms with E-state index in [-0.39, 0.29) is 32.6 Å². The minimum Gasteiger partial charge on any atom is -0.462 e. The van der Waals surface area contributed by atoms with Gasteiger partial charge in [0, 0.05) is 19.4 Å². The average Bonchev–Trinajstić information content (AvgIpc) is 3.36. The quantitative estimate of drug-likeness (QED) is 0.0264. The molecule has 0 amide bonds. The highest BCUT2D eigenvalue weighted by Crippen LogP contribution is 2.43. The van der Waals surface area contributed by atoms with Gasteiger partial charge in [0.15, 0.2) is 6.10 Å². The van der Waals surface area contributed by atoms with Crippen molar-refractivity contribution in [3.8, 4) is 0 Å². The Morgan fingerprint density at radius 2 is 0.746 bits per heavy atom. The first-order valence-electron chi connectivity index (χ1n) is 27.0. The molecule has 3 N–H and O–H groups in total. The van der Waals surface area contributed by atoms with Crippen molar-refractivity contribution in [3.05, 3.63) is 158 Å². The lowest BCUT2D eigenvalue weighted by molar-refractivity contribution is -0.161. The Hall–Kier alpha value is -4.37. The molecule has 0 rings (SSSR count). The van der Waals surface area contributed by atoms with Gasteiger partial charge in [0.2, 0.25) is 0 Å². The highest BCUT2D eigenvalue weighted by Gasteiger charge is 2.26. The minimum absolute atomic E-state index is 0.0352. The first-order valence-corrected chi connectivity index (χ1v) is 28.5. The van der Waals surface area contributed by atoms with Crippen molar-refractivity contribution in [1.82, 2.24) is 0 Å². The van der Waals surface area contributed by atoms with Crippen LogP contribution in [0.25, 0.3) is 0 Å². The molecule has 0 fully saturated rings. The monoisotopic (exact) mass is 1000 g/mol. The van der Waals surface area contributed by atoms with Crippen LogP contribution < -0.4 is 5.73 Å². The predicted molar refractivity (Wildman–Crippen MR) is 302 cm³/mol. The van der Waals surface area contributed by atoms with Crippen molar-refractivity contribution in [2.75, 3.05) is 26.4 Å². The summed E-state index contributed by atoms with van der Waals surface area (Å²) < 4.78 is 32.9. The van der Waals surface area contributed by atoms with E-state index in [4.69, 9.17) is 24.3 Å². The van der Waals surface area contributed by atoms with E-state index in [0.29, 0.717) is 12.8 Å². The molecule has 0 aliphatic rings. The molecule has 0 saturated heterocycles. The van der Waals surface area contributed by atoms with Crippen LogP contribution in [0.15, 0.2) is 158 Å². The fourth-order valence-corrected chi connectivity index (χ4v) is 7.27. The molecule has 0 aromatic rings. The normalized spacial score (nSPS) is 14.4. The average molecular weight is 1000 g/mol. The number of nitrogens with two attached hydrogens (primary N) is 1. The summed E-state index contributed by atoms with van der Waals surface area (Å²) in [6.45, 7) is 3.40. The number of carbonyl (C=O) groups is 2. The summed E-state index contributed by atoms with van der Waals surface area (Å²) >= 11 is 0. The number of carbonyl (C=O) groups excluding carboxylic acids is 2. The van der Waals surface area contributed by atoms with Gasteiger partial charge in [-0.3, -0.25) is 18.6 Å². The van der Waals surface area contributed by atoms with E-state index >= 15 is 0 Å². The van der Waals surface area contributed by atoms with E-state index in [1.807, 2.05) is 6.08 Å². The second-order valence-electron chi connectivity index (χ2n) is 17.0. The molecule has 398 valence electrons. The van der Waals surface area contributed by atoms with E-state index in [9.17, 15) is 19.0 Å². The number of ether oxygens (including phenoxy) is 2. The molecular formula is C61H96NO8P. The Morgan fingerprint density at radius 3 is 1.13 bits per heavy atom. The highest BCUT2D eigenvalue weighted by molar-refractivity contribution is 7.47. The van der Waals surface area contributed by atoms with Gasteiger partial charge in [0.1, 0.15) is 6.61 Å². The summed E-state index contributed by atoms with van der Waals surface area (Å²) in [7, 11) is -4.41. The van der Waals surface area contributed by atoms with Crippen LogP contribution in [0, 0.1) is 0 Å². The van der Waals surface area contributed by atoms with E-state index in [1.54, 1.807) is 0 Å². The van der Waals surface area contributed by atoms with Crippen LogP contribution in [-0.2, 0) is 32.7 Å². The van der Waals surface area contributed by atoms with Gasteiger partial charge in [0.05, 0.1) is 13.2 Å². The van der Waals surface area contributed by atoms with Crippen LogP contribution in [0.5, 0.6) is 0 Å². The largest absolute Gasteiger partial charge is 0.472 e. The Balaban J connectivity index is 4.12. The minimum atomic E-state index is -4.41. The van der Waals surface area contributed by atoms with E-state index in [2.05, 4.69) is 166 Å². The molecule has 2 atom stereocenters. The third-order valence-electron chi connectivity index (χ3n) is 10.4. The number of esters is 2. The Labute approximate surface area is 432 Å². The molecule has 0 saturated carbocycles. The summed E-state index contributed by atoms with van der Waals surface area (Å²) in [5.74, 6) is -0.921. The van der Waals surface area contributed by atoms with Crippen LogP contribution >= 0.6 is 7.82 Å². The third-order valence-corrected chi connectivity index (χ3v) is 11.4. The second kappa shape index (κ2) is 55.0. The highest BCUT2D eigenvalue weighted by atomic mass is 31.2. The van der Waals surface area contributed by atoms with Crippen LogP contribution in [-0.4, -0.2) is 49.3 Å². The summed E-state index contributed by atoms with van der Waals surface area (Å²) in [6.07, 6.45) is 80.1. The molecule has 9 nitrogen and oxygen atoms in total. The van der Waals surface area contributed by atoms with Crippen molar-refractivity contribution < 1.29 is 37.6 Å². The molecule has 0 bridgehead atoms. The lowest BCUT2D eigenvalue weighted by atomic mass is 10.1. The van der Waals surface area contributed by atoms with Gasteiger partial charge in [0.25, 0.3) is 0 Å². The van der Waals surface area contributed by atoms with Crippen molar-refractivity contribution in [3.63, 3.8) is 0 Å². The van der Waals surface area contributed by atoms with Gasteiger partial charge in [-0.25, -0.2) is 4.57 Å². The van der Waals surface area contributed by atoms with Crippen molar-refractivity contribution in [2.24, 2.45) is 5.73 Å². The van der Waals surface area contributed by atoms with Crippen LogP contribution in [0.2, 0.25) is 0 Å². The number of allylic oxidation sites excluding steroid dienone is 26. The van der Waals surface area contributed by atoms with Gasteiger partial charge in [-0.05, 0) is 116 Å². The molecule has 0 aliphatic carbocycles. The van der Waals surface area contributed by atoms with Gasteiger partial charge in [-0.15, -0.1) is 0 Å². The molecule has 0 heterocycles. The van der Waals surface area contributed by atoms with Gasteiger partial charge >= 0.3 is 19.8 Å². The molecule has 0 aromatic carbocycles. The summed E-state index contributed by atoms with van der Waals surface area (Å²) in [5.41, 5.74) is 5.36. The fraction of sp³-hybridized carbons (Fsp3) is 0.541. The molecule has 0 aliphatic heterocycles. The Kier molecular flexibility index (Phi) is 51.6. The second-order valence-corrected chi connectivity index (χ2v) is 18.4. The number of hydrogen-bond acceptors (Lipinski definition) is 8. The molecule has 0 radical (unpaired) electrons. The van der Waals surface area contributed by atoms with Gasteiger partial charge in [-0.2, -0.15) is 0 Å². The Bertz CT molecular complexity index is 1710. The maximum absolute atomic E-state index is 12.7. The fourth-order valence-electron chi connectivity index (χ4n) is 6.51. The molecule has 2 unspecified atom stereocenters. The number of rotatable bonds is 48. The molecule has 0 aromatic heterocycles. The topological polar surface area (TPSA) is 134 Å². The zero-order chi connectivity index (χ0) is 51.7. The number of phosphoric acid groups is 1. The van der Waals surface area contributed by atoms with Gasteiger partial charge in [-0.1, -0.05) is 210 Å². The number of hydrogen-bond donors (Lipinski definition) is 2.